The number of para-hydroxylation sites is 1. The van der Waals surface area contributed by atoms with Crippen LogP contribution in [0.3, 0.4) is 0 Å². The van der Waals surface area contributed by atoms with Gasteiger partial charge in [0.25, 0.3) is 0 Å². The van der Waals surface area contributed by atoms with Crippen molar-refractivity contribution in [3.63, 3.8) is 0 Å². The van der Waals surface area contributed by atoms with E-state index in [1.165, 1.54) is 11.8 Å². The van der Waals surface area contributed by atoms with E-state index in [4.69, 9.17) is 0 Å². The molecule has 0 aliphatic rings. The first kappa shape index (κ1) is 17.5. The average molecular weight is 336 g/mol. The quantitative estimate of drug-likeness (QED) is 0.850. The van der Waals surface area contributed by atoms with E-state index < -0.39 is 29.0 Å². The van der Waals surface area contributed by atoms with Crippen LogP contribution >= 0.6 is 0 Å². The van der Waals surface area contributed by atoms with Crippen molar-refractivity contribution in [2.24, 2.45) is 0 Å². The van der Waals surface area contributed by atoms with E-state index in [1.54, 1.807) is 30.3 Å². The predicted molar refractivity (Wildman–Crippen MR) is 84.0 cm³/mol. The highest BCUT2D eigenvalue weighted by atomic mass is 19.2. The van der Waals surface area contributed by atoms with Gasteiger partial charge < -0.3 is 10.2 Å². The van der Waals surface area contributed by atoms with Crippen LogP contribution in [0.2, 0.25) is 0 Å². The fourth-order valence-electron chi connectivity index (χ4n) is 2.12. The monoisotopic (exact) mass is 336 g/mol. The number of carbonyl (C=O) groups excluding carboxylic acids is 2. The second-order valence-electron chi connectivity index (χ2n) is 5.03. The maximum Gasteiger partial charge on any atom is 0.226 e. The molecule has 2 rings (SSSR count). The van der Waals surface area contributed by atoms with Crippen LogP contribution in [-0.2, 0) is 9.59 Å². The van der Waals surface area contributed by atoms with Gasteiger partial charge in [-0.25, -0.2) is 13.2 Å². The summed E-state index contributed by atoms with van der Waals surface area (Å²) >= 11 is 0. The van der Waals surface area contributed by atoms with Gasteiger partial charge in [0.15, 0.2) is 17.5 Å². The minimum Gasteiger partial charge on any atom is -0.323 e. The van der Waals surface area contributed by atoms with E-state index in [9.17, 15) is 22.8 Å². The number of hydrogen-bond donors (Lipinski definition) is 1. The lowest BCUT2D eigenvalue weighted by Gasteiger charge is -2.20. The number of rotatable bonds is 5. The molecule has 0 bridgehead atoms. The largest absolute Gasteiger partial charge is 0.323 e. The molecule has 0 saturated carbocycles. The summed E-state index contributed by atoms with van der Waals surface area (Å²) in [6, 6.07) is 10.4. The zero-order valence-corrected chi connectivity index (χ0v) is 12.9. The molecule has 0 unspecified atom stereocenters. The van der Waals surface area contributed by atoms with E-state index >= 15 is 0 Å². The Morgan fingerprint density at radius 2 is 1.67 bits per heavy atom. The normalized spacial score (nSPS) is 10.3. The molecule has 7 heteroatoms. The minimum absolute atomic E-state index is 0.0659. The number of nitrogens with zero attached hydrogens (tertiary/aromatic N) is 1. The number of anilines is 2. The summed E-state index contributed by atoms with van der Waals surface area (Å²) in [5.74, 6) is -5.33. The number of benzene rings is 2. The molecule has 2 amide bonds. The van der Waals surface area contributed by atoms with E-state index in [0.717, 1.165) is 12.1 Å². The zero-order chi connectivity index (χ0) is 17.7. The maximum atomic E-state index is 13.5. The van der Waals surface area contributed by atoms with Crippen LogP contribution in [0.4, 0.5) is 24.5 Å². The van der Waals surface area contributed by atoms with E-state index in [-0.39, 0.29) is 18.9 Å². The molecule has 126 valence electrons. The molecule has 0 saturated heterocycles. The third-order valence-corrected chi connectivity index (χ3v) is 3.32. The summed E-state index contributed by atoms with van der Waals surface area (Å²) in [7, 11) is 0. The van der Waals surface area contributed by atoms with Crippen LogP contribution in [0.1, 0.15) is 13.3 Å². The van der Waals surface area contributed by atoms with Gasteiger partial charge in [0.1, 0.15) is 0 Å². The summed E-state index contributed by atoms with van der Waals surface area (Å²) in [6.07, 6.45) is -0.132. The molecule has 2 aromatic carbocycles. The summed E-state index contributed by atoms with van der Waals surface area (Å²) in [5, 5.41) is 2.17. The summed E-state index contributed by atoms with van der Waals surface area (Å²) in [6.45, 7) is 1.43. The first-order valence-corrected chi connectivity index (χ1v) is 7.16. The Bertz CT molecular complexity index is 751. The van der Waals surface area contributed by atoms with Crippen LogP contribution in [-0.4, -0.2) is 18.4 Å². The third-order valence-electron chi connectivity index (χ3n) is 3.32. The second kappa shape index (κ2) is 7.63. The number of nitrogens with one attached hydrogen (secondary N) is 1. The Hall–Kier alpha value is -2.83. The molecule has 0 radical (unpaired) electrons. The van der Waals surface area contributed by atoms with Gasteiger partial charge in [0.2, 0.25) is 11.8 Å². The van der Waals surface area contributed by atoms with Crippen molar-refractivity contribution in [1.82, 2.24) is 0 Å². The van der Waals surface area contributed by atoms with Crippen LogP contribution in [0, 0.1) is 17.5 Å². The number of carbonyl (C=O) groups is 2. The van der Waals surface area contributed by atoms with Crippen LogP contribution < -0.4 is 10.2 Å². The highest BCUT2D eigenvalue weighted by Crippen LogP contribution is 2.20. The molecule has 1 N–H and O–H groups in total. The molecule has 2 aromatic rings. The number of halogens is 3. The first-order chi connectivity index (χ1) is 11.4. The lowest BCUT2D eigenvalue weighted by Crippen LogP contribution is -2.32. The molecular formula is C17H15F3N2O2. The molecule has 0 atom stereocenters. The standard InChI is InChI=1S/C17H15F3N2O2/c1-11(23)22(12-5-3-2-4-6-12)10-9-15(24)21-14-8-7-13(18)16(19)17(14)20/h2-8H,9-10H2,1H3,(H,21,24). The lowest BCUT2D eigenvalue weighted by atomic mass is 10.2. The van der Waals surface area contributed by atoms with Crippen molar-refractivity contribution in [3.05, 3.63) is 59.9 Å². The fourth-order valence-corrected chi connectivity index (χ4v) is 2.12. The predicted octanol–water partition coefficient (Wildman–Crippen LogP) is 3.49. The lowest BCUT2D eigenvalue weighted by molar-refractivity contribution is -0.117. The molecular weight excluding hydrogens is 321 g/mol. The molecule has 0 aliphatic carbocycles. The molecule has 24 heavy (non-hydrogen) atoms. The highest BCUT2D eigenvalue weighted by Gasteiger charge is 2.17. The van der Waals surface area contributed by atoms with Gasteiger partial charge in [0, 0.05) is 25.6 Å². The average Bonchev–Trinajstić information content (AvgIpc) is 2.56. The van der Waals surface area contributed by atoms with Crippen molar-refractivity contribution >= 4 is 23.2 Å². The molecule has 0 aliphatic heterocycles. The molecule has 0 aromatic heterocycles. The third kappa shape index (κ3) is 4.13. The van der Waals surface area contributed by atoms with Crippen LogP contribution in [0.5, 0.6) is 0 Å². The smallest absolute Gasteiger partial charge is 0.226 e. The zero-order valence-electron chi connectivity index (χ0n) is 12.9. The molecule has 4 nitrogen and oxygen atoms in total. The van der Waals surface area contributed by atoms with Gasteiger partial charge in [-0.1, -0.05) is 18.2 Å². The SMILES string of the molecule is CC(=O)N(CCC(=O)Nc1ccc(F)c(F)c1F)c1ccccc1. The van der Waals surface area contributed by atoms with Gasteiger partial charge in [-0.15, -0.1) is 0 Å². The van der Waals surface area contributed by atoms with Gasteiger partial charge in [0.05, 0.1) is 5.69 Å². The van der Waals surface area contributed by atoms with E-state index in [0.29, 0.717) is 5.69 Å². The first-order valence-electron chi connectivity index (χ1n) is 7.16. The Labute approximate surface area is 136 Å². The van der Waals surface area contributed by atoms with Gasteiger partial charge >= 0.3 is 0 Å². The van der Waals surface area contributed by atoms with Crippen molar-refractivity contribution < 1.29 is 22.8 Å². The minimum atomic E-state index is -1.65. The van der Waals surface area contributed by atoms with Crippen molar-refractivity contribution in [2.45, 2.75) is 13.3 Å². The van der Waals surface area contributed by atoms with Crippen molar-refractivity contribution in [1.29, 1.82) is 0 Å². The Kier molecular flexibility index (Phi) is 5.57. The topological polar surface area (TPSA) is 49.4 Å². The van der Waals surface area contributed by atoms with Gasteiger partial charge in [-0.2, -0.15) is 0 Å². The maximum absolute atomic E-state index is 13.5. The van der Waals surface area contributed by atoms with E-state index in [1.807, 2.05) is 0 Å². The molecule has 0 spiro atoms. The molecule has 0 fully saturated rings. The van der Waals surface area contributed by atoms with Crippen molar-refractivity contribution in [2.75, 3.05) is 16.8 Å². The van der Waals surface area contributed by atoms with Crippen LogP contribution in [0.15, 0.2) is 42.5 Å². The Morgan fingerprint density at radius 3 is 2.29 bits per heavy atom. The number of amides is 2. The Morgan fingerprint density at radius 1 is 1.00 bits per heavy atom. The summed E-state index contributed by atoms with van der Waals surface area (Å²) in [5.41, 5.74) is 0.171. The van der Waals surface area contributed by atoms with Crippen LogP contribution in [0.25, 0.3) is 0 Å². The van der Waals surface area contributed by atoms with Crippen molar-refractivity contribution in [3.8, 4) is 0 Å². The van der Waals surface area contributed by atoms with Gasteiger partial charge in [-0.05, 0) is 24.3 Å². The highest BCUT2D eigenvalue weighted by molar-refractivity contribution is 5.94. The van der Waals surface area contributed by atoms with E-state index in [2.05, 4.69) is 5.32 Å². The summed E-state index contributed by atoms with van der Waals surface area (Å²) < 4.78 is 39.5. The summed E-state index contributed by atoms with van der Waals surface area (Å²) in [4.78, 5) is 25.0. The fraction of sp³-hybridized carbons (Fsp3) is 0.176. The van der Waals surface area contributed by atoms with Gasteiger partial charge in [-0.3, -0.25) is 9.59 Å². The Balaban J connectivity index is 2.02. The second-order valence-corrected chi connectivity index (χ2v) is 5.03. The molecule has 0 heterocycles. The number of hydrogen-bond acceptors (Lipinski definition) is 2.